The Balaban J connectivity index is 0. The van der Waals surface area contributed by atoms with Gasteiger partial charge in [0.2, 0.25) is 0 Å². The number of hydrogen-bond acceptors (Lipinski definition) is 19. The van der Waals surface area contributed by atoms with Crippen LogP contribution < -0.4 is 37.1 Å². The van der Waals surface area contributed by atoms with Gasteiger partial charge in [-0.2, -0.15) is 0 Å². The van der Waals surface area contributed by atoms with Gasteiger partial charge in [-0.15, -0.1) is 6.58 Å². The van der Waals surface area contributed by atoms with Crippen LogP contribution in [0.5, 0.6) is 11.5 Å². The van der Waals surface area contributed by atoms with Crippen molar-refractivity contribution in [3.63, 3.8) is 0 Å². The van der Waals surface area contributed by atoms with Crippen molar-refractivity contribution in [2.24, 2.45) is 5.73 Å². The molecule has 1 aliphatic heterocycles. The third-order valence-corrected chi connectivity index (χ3v) is 10.4. The standard InChI is InChI=1S/C15H14ClN3O2.C8H11NO.C7H6Cl2N2O.C7H4Cl2N2O.C5H2Cl2N2O.C2H3.BrH.Cr.Mg.3O/c1-21-11-4-2-10(3-5-11)8-19-7-6-12(20)13-14(16)17-9-18-15(13)19;1-10-8-4-2-7(6-9)3-5-8;2*1-2-4(12)5-6(8)10-3-11-7(5)9;6-4-3(1-10)5(7)9-2-8-4;1-2;;;;;;/h2-5,9H,6-8H2,1H3;2-5H,6,9H2,1H3;2-4,12H,1H2;2-3H,1H2;1-2H;1H,2H2;1H;;;;;/q;;;;;-1;;;+2;;;/p-1. The average Bonchev–Trinajstić information content (AvgIpc) is 3.36. The molecule has 2 aromatic carbocycles. The number of Topliss-reactive ketones (excluding diaryl/α,β-unsaturated/α-hetero) is 1. The Morgan fingerprint density at radius 1 is 0.740 bits per heavy atom. The number of aliphatic hydroxyl groups excluding tert-OH is 1. The van der Waals surface area contributed by atoms with Gasteiger partial charge in [-0.25, -0.2) is 39.9 Å². The van der Waals surface area contributed by atoms with Gasteiger partial charge in [0.05, 0.1) is 36.5 Å². The summed E-state index contributed by atoms with van der Waals surface area (Å²) in [6.45, 7) is 15.6. The summed E-state index contributed by atoms with van der Waals surface area (Å²) < 4.78 is 35.7. The fourth-order valence-corrected chi connectivity index (χ4v) is 6.66. The number of ether oxygens (including phenoxy) is 2. The van der Waals surface area contributed by atoms with Crippen LogP contribution in [0.3, 0.4) is 0 Å². The van der Waals surface area contributed by atoms with Gasteiger partial charge in [-0.1, -0.05) is 118 Å². The van der Waals surface area contributed by atoms with Gasteiger partial charge in [0.15, 0.2) is 17.9 Å². The Labute approximate surface area is 485 Å². The number of methoxy groups -OCH3 is 2. The number of halogens is 8. The van der Waals surface area contributed by atoms with E-state index in [4.69, 9.17) is 108 Å². The van der Waals surface area contributed by atoms with Crippen molar-refractivity contribution in [1.29, 1.82) is 0 Å². The van der Waals surface area contributed by atoms with Crippen molar-refractivity contribution in [3.05, 3.63) is 182 Å². The number of allylic oxidation sites excluding steroid dienone is 1. The van der Waals surface area contributed by atoms with Crippen LogP contribution in [0.2, 0.25) is 36.1 Å². The summed E-state index contributed by atoms with van der Waals surface area (Å²) in [6, 6.07) is 15.5. The van der Waals surface area contributed by atoms with E-state index in [0.29, 0.717) is 43.7 Å². The van der Waals surface area contributed by atoms with Crippen molar-refractivity contribution in [1.82, 2.24) is 39.9 Å². The molecule has 0 bridgehead atoms. The van der Waals surface area contributed by atoms with Gasteiger partial charge in [0, 0.05) is 26.1 Å². The summed E-state index contributed by atoms with van der Waals surface area (Å²) in [4.78, 5) is 65.1. The number of aromatic nitrogens is 8. The quantitative estimate of drug-likeness (QED) is 0.0281. The molecule has 0 saturated carbocycles. The zero-order chi connectivity index (χ0) is 53.6. The van der Waals surface area contributed by atoms with Gasteiger partial charge in [0.25, 0.3) is 0 Å². The van der Waals surface area contributed by atoms with Crippen LogP contribution in [0.4, 0.5) is 5.82 Å². The molecule has 19 nitrogen and oxygen atoms in total. The van der Waals surface area contributed by atoms with E-state index < -0.39 is 20.1 Å². The number of hydrogen-bond donors (Lipinski definition) is 2. The Morgan fingerprint density at radius 3 is 1.52 bits per heavy atom. The molecular formula is C44H40BrCl7CrMgN10O9. The van der Waals surface area contributed by atoms with Crippen LogP contribution in [-0.2, 0) is 38.5 Å². The van der Waals surface area contributed by atoms with E-state index in [1.54, 1.807) is 14.2 Å². The molecule has 4 aromatic heterocycles. The van der Waals surface area contributed by atoms with Crippen molar-refractivity contribution in [3.8, 4) is 11.5 Å². The molecule has 3 N–H and O–H groups in total. The van der Waals surface area contributed by atoms with Crippen LogP contribution in [0, 0.1) is 6.58 Å². The molecule has 0 aliphatic carbocycles. The van der Waals surface area contributed by atoms with Crippen molar-refractivity contribution < 1.29 is 71.3 Å². The Morgan fingerprint density at radius 2 is 1.14 bits per heavy atom. The van der Waals surface area contributed by atoms with E-state index in [1.807, 2.05) is 53.4 Å². The molecular weight excluding hydrogens is 1220 g/mol. The van der Waals surface area contributed by atoms with Gasteiger partial charge in [-0.3, -0.25) is 21.0 Å². The second-order valence-electron chi connectivity index (χ2n) is 12.5. The topological polar surface area (TPSA) is 273 Å². The number of carbonyl (C=O) groups excluding carboxylic acids is 3. The van der Waals surface area contributed by atoms with E-state index in [0.717, 1.165) is 28.7 Å². The first-order valence-corrected chi connectivity index (χ1v) is 23.4. The van der Waals surface area contributed by atoms with Gasteiger partial charge < -0.3 is 48.8 Å². The first kappa shape index (κ1) is 70.6. The third kappa shape index (κ3) is 24.6. The van der Waals surface area contributed by atoms with Crippen molar-refractivity contribution in [2.45, 2.75) is 25.6 Å². The van der Waals surface area contributed by atoms with Crippen molar-refractivity contribution >= 4 is 128 Å². The second kappa shape index (κ2) is 39.0. The molecule has 7 rings (SSSR count). The van der Waals surface area contributed by atoms with Crippen LogP contribution >= 0.6 is 81.2 Å². The summed E-state index contributed by atoms with van der Waals surface area (Å²) in [6.07, 6.45) is 7.42. The van der Waals surface area contributed by atoms with Crippen LogP contribution in [0.1, 0.15) is 60.3 Å². The number of carbonyl (C=O) groups is 3. The van der Waals surface area contributed by atoms with Crippen LogP contribution in [-0.4, -0.2) is 107 Å². The molecule has 0 amide bonds. The molecule has 6 aromatic rings. The van der Waals surface area contributed by atoms with E-state index in [2.05, 4.69) is 66.2 Å². The van der Waals surface area contributed by atoms with Gasteiger partial charge in [-0.05, 0) is 41.5 Å². The summed E-state index contributed by atoms with van der Waals surface area (Å²) >= 11 is 35.7. The number of aldehydes is 1. The SMILES string of the molecule is C=CC(=O)c1c(Cl)ncnc1Cl.C=CC(O)c1c(Cl)ncnc1Cl.COc1ccc(CN)cc1.COc1ccc(CN2CCC(=O)c3c(Cl)ncnc32)cc1.O=Cc1c(Cl)ncnc1Cl.[Br-].[CH-]=C.[Mg+2].[O]=[Cr](=[O])=[O]. The van der Waals surface area contributed by atoms with E-state index in [-0.39, 0.29) is 104 Å². The second-order valence-corrected chi connectivity index (χ2v) is 15.6. The molecule has 0 fully saturated rings. The van der Waals surface area contributed by atoms with E-state index in [9.17, 15) is 19.5 Å². The normalized spacial score (nSPS) is 10.6. The number of ketones is 2. The number of nitrogens with zero attached hydrogens (tertiary/aromatic N) is 9. The fraction of sp³-hybridized carbons (Fsp3) is 0.159. The Kier molecular flexibility index (Phi) is 37.7. The van der Waals surface area contributed by atoms with E-state index >= 15 is 0 Å². The molecule has 384 valence electrons. The summed E-state index contributed by atoms with van der Waals surface area (Å²) in [5.74, 6) is 1.92. The molecule has 5 heterocycles. The zero-order valence-corrected chi connectivity index (χ0v) is 47.8. The van der Waals surface area contributed by atoms with Gasteiger partial charge in [0.1, 0.15) is 84.8 Å². The molecule has 0 radical (unpaired) electrons. The van der Waals surface area contributed by atoms with Crippen LogP contribution in [0.25, 0.3) is 0 Å². The van der Waals surface area contributed by atoms with Gasteiger partial charge >= 0.3 is 48.4 Å². The summed E-state index contributed by atoms with van der Waals surface area (Å²) in [7, 11) is 3.29. The first-order chi connectivity index (χ1) is 33.9. The molecule has 1 unspecified atom stereocenters. The number of rotatable bonds is 10. The zero-order valence-electron chi connectivity index (χ0n) is 38.2. The number of aliphatic hydroxyl groups is 1. The predicted octanol–water partition coefficient (Wildman–Crippen LogP) is 6.51. The number of nitrogens with two attached hydrogens (primary N) is 1. The average molecular weight is 1260 g/mol. The maximum atomic E-state index is 12.0. The summed E-state index contributed by atoms with van der Waals surface area (Å²) in [5, 5.41) is 10.1. The Hall–Kier alpha value is -4.48. The first-order valence-electron chi connectivity index (χ1n) is 19.2. The number of fused-ring (bicyclic) bond motifs is 1. The fourth-order valence-electron chi connectivity index (χ4n) is 4.99. The van der Waals surface area contributed by atoms with Crippen molar-refractivity contribution in [2.75, 3.05) is 25.7 Å². The molecule has 0 spiro atoms. The van der Waals surface area contributed by atoms with E-state index in [1.165, 1.54) is 31.4 Å². The molecule has 0 saturated heterocycles. The van der Waals surface area contributed by atoms with Crippen LogP contribution in [0.15, 0.2) is 106 Å². The molecule has 29 heteroatoms. The molecule has 1 atom stereocenters. The Bertz CT molecular complexity index is 2750. The minimum absolute atomic E-state index is 0. The third-order valence-electron chi connectivity index (χ3n) is 8.29. The molecule has 73 heavy (non-hydrogen) atoms. The number of anilines is 1. The predicted molar refractivity (Wildman–Crippen MR) is 270 cm³/mol. The summed E-state index contributed by atoms with van der Waals surface area (Å²) in [5.41, 5.74) is 8.58. The maximum absolute atomic E-state index is 12.0. The number of benzene rings is 2. The monoisotopic (exact) mass is 1250 g/mol. The molecule has 1 aliphatic rings. The minimum atomic E-state index is -3.79.